The van der Waals surface area contributed by atoms with E-state index in [9.17, 15) is 13.2 Å². The van der Waals surface area contributed by atoms with Crippen molar-refractivity contribution in [2.45, 2.75) is 6.18 Å². The average Bonchev–Trinajstić information content (AvgIpc) is 2.47. The number of hydrogen-bond donors (Lipinski definition) is 0. The maximum absolute atomic E-state index is 12.4. The number of fused-ring (bicyclic) bond motifs is 1. The Hall–Kier alpha value is -0.740. The summed E-state index contributed by atoms with van der Waals surface area (Å²) in [5, 5.41) is 1.95. The predicted molar refractivity (Wildman–Crippen MR) is 50.7 cm³/mol. The fourth-order valence-electron chi connectivity index (χ4n) is 1.14. The van der Waals surface area contributed by atoms with Crippen LogP contribution in [0.1, 0.15) is 5.56 Å². The third kappa shape index (κ3) is 1.60. The van der Waals surface area contributed by atoms with Crippen molar-refractivity contribution < 1.29 is 13.2 Å². The van der Waals surface area contributed by atoms with Crippen LogP contribution in [0, 0.1) is 6.07 Å². The van der Waals surface area contributed by atoms with Gasteiger partial charge in [-0.15, -0.1) is 11.3 Å². The molecule has 0 nitrogen and oxygen atoms in total. The second kappa shape index (κ2) is 3.14. The molecule has 0 N–H and O–H groups in total. The number of alkyl halides is 3. The summed E-state index contributed by atoms with van der Waals surface area (Å²) in [4.78, 5) is 0. The molecule has 1 aromatic carbocycles. The Morgan fingerprint density at radius 3 is 2.64 bits per heavy atom. The van der Waals surface area contributed by atoms with Gasteiger partial charge in [0.1, 0.15) is 0 Å². The van der Waals surface area contributed by atoms with Gasteiger partial charge in [-0.25, -0.2) is 0 Å². The van der Waals surface area contributed by atoms with E-state index in [4.69, 9.17) is 11.6 Å². The lowest BCUT2D eigenvalue weighted by molar-refractivity contribution is -0.137. The van der Waals surface area contributed by atoms with E-state index in [1.165, 1.54) is 17.4 Å². The summed E-state index contributed by atoms with van der Waals surface area (Å²) in [6.07, 6.45) is -4.39. The van der Waals surface area contributed by atoms with Crippen molar-refractivity contribution in [3.05, 3.63) is 34.2 Å². The molecular weight excluding hydrogens is 233 g/mol. The van der Waals surface area contributed by atoms with Crippen LogP contribution in [0.4, 0.5) is 13.2 Å². The summed E-state index contributed by atoms with van der Waals surface area (Å²) in [6, 6.07) is 5.15. The van der Waals surface area contributed by atoms with Crippen LogP contribution in [0.2, 0.25) is 5.02 Å². The molecule has 1 aromatic heterocycles. The van der Waals surface area contributed by atoms with Crippen molar-refractivity contribution >= 4 is 33.0 Å². The molecule has 5 heteroatoms. The van der Waals surface area contributed by atoms with Crippen LogP contribution in [-0.4, -0.2) is 0 Å². The highest BCUT2D eigenvalue weighted by Crippen LogP contribution is 2.38. The highest BCUT2D eigenvalue weighted by Gasteiger charge is 2.33. The number of hydrogen-bond acceptors (Lipinski definition) is 1. The molecule has 1 heterocycles. The molecular formula is C9H3ClF3S. The van der Waals surface area contributed by atoms with Crippen molar-refractivity contribution in [2.24, 2.45) is 0 Å². The summed E-state index contributed by atoms with van der Waals surface area (Å²) in [5.74, 6) is 0. The van der Waals surface area contributed by atoms with E-state index in [0.29, 0.717) is 10.1 Å². The van der Waals surface area contributed by atoms with Crippen molar-refractivity contribution in [3.63, 3.8) is 0 Å². The van der Waals surface area contributed by atoms with Gasteiger partial charge in [0.2, 0.25) is 0 Å². The van der Waals surface area contributed by atoms with Gasteiger partial charge in [-0.3, -0.25) is 0 Å². The molecule has 0 atom stereocenters. The Kier molecular flexibility index (Phi) is 2.20. The number of rotatable bonds is 0. The molecule has 0 aliphatic carbocycles. The summed E-state index contributed by atoms with van der Waals surface area (Å²) in [5.41, 5.74) is -0.789. The van der Waals surface area contributed by atoms with Crippen LogP contribution in [0.5, 0.6) is 0 Å². The average molecular weight is 236 g/mol. The monoisotopic (exact) mass is 235 g/mol. The molecule has 0 aliphatic rings. The fraction of sp³-hybridized carbons (Fsp3) is 0.111. The SMILES string of the molecule is FC(F)(F)c1cc2sc[c]c2cc1Cl. The lowest BCUT2D eigenvalue weighted by Gasteiger charge is -2.08. The predicted octanol–water partition coefficient (Wildman–Crippen LogP) is 4.37. The lowest BCUT2D eigenvalue weighted by Crippen LogP contribution is -2.05. The van der Waals surface area contributed by atoms with Crippen molar-refractivity contribution in [2.75, 3.05) is 0 Å². The van der Waals surface area contributed by atoms with Gasteiger partial charge in [-0.2, -0.15) is 13.2 Å². The molecule has 2 rings (SSSR count). The van der Waals surface area contributed by atoms with Gasteiger partial charge in [0.05, 0.1) is 10.6 Å². The number of thiophene rings is 1. The van der Waals surface area contributed by atoms with Crippen LogP contribution in [0.25, 0.3) is 10.1 Å². The second-order valence-corrected chi connectivity index (χ2v) is 4.02. The van der Waals surface area contributed by atoms with Crippen LogP contribution in [0.15, 0.2) is 17.5 Å². The summed E-state index contributed by atoms with van der Waals surface area (Å²) in [7, 11) is 0. The molecule has 0 aliphatic heterocycles. The summed E-state index contributed by atoms with van der Waals surface area (Å²) < 4.78 is 37.7. The molecule has 2 aromatic rings. The van der Waals surface area contributed by atoms with Crippen LogP contribution >= 0.6 is 22.9 Å². The minimum absolute atomic E-state index is 0.278. The third-order valence-corrected chi connectivity index (χ3v) is 2.92. The zero-order chi connectivity index (χ0) is 10.3. The second-order valence-electron chi connectivity index (χ2n) is 2.71. The van der Waals surface area contributed by atoms with E-state index in [-0.39, 0.29) is 5.02 Å². The first kappa shape index (κ1) is 9.80. The molecule has 0 saturated carbocycles. The first-order chi connectivity index (χ1) is 6.48. The molecule has 14 heavy (non-hydrogen) atoms. The smallest absolute Gasteiger partial charge is 0.166 e. The molecule has 0 saturated heterocycles. The van der Waals surface area contributed by atoms with Crippen LogP contribution in [0.3, 0.4) is 0 Å². The molecule has 0 bridgehead atoms. The van der Waals surface area contributed by atoms with E-state index >= 15 is 0 Å². The minimum atomic E-state index is -4.39. The Labute approximate surface area is 86.9 Å². The van der Waals surface area contributed by atoms with E-state index in [1.807, 2.05) is 0 Å². The molecule has 0 spiro atoms. The Morgan fingerprint density at radius 1 is 1.29 bits per heavy atom. The van der Waals surface area contributed by atoms with Gasteiger partial charge >= 0.3 is 6.18 Å². The molecule has 73 valence electrons. The van der Waals surface area contributed by atoms with E-state index < -0.39 is 11.7 Å². The fourth-order valence-corrected chi connectivity index (χ4v) is 2.15. The maximum Gasteiger partial charge on any atom is 0.417 e. The largest absolute Gasteiger partial charge is 0.417 e. The molecule has 0 amide bonds. The van der Waals surface area contributed by atoms with Crippen molar-refractivity contribution in [1.29, 1.82) is 0 Å². The number of benzene rings is 1. The maximum atomic E-state index is 12.4. The first-order valence-electron chi connectivity index (χ1n) is 3.64. The summed E-state index contributed by atoms with van der Waals surface area (Å²) in [6.45, 7) is 0. The molecule has 1 radical (unpaired) electrons. The first-order valence-corrected chi connectivity index (χ1v) is 4.90. The van der Waals surface area contributed by atoms with Gasteiger partial charge in [-0.05, 0) is 17.5 Å². The van der Waals surface area contributed by atoms with Crippen LogP contribution in [-0.2, 0) is 6.18 Å². The third-order valence-electron chi connectivity index (χ3n) is 1.77. The van der Waals surface area contributed by atoms with Gasteiger partial charge in [0.15, 0.2) is 0 Å². The zero-order valence-corrected chi connectivity index (χ0v) is 8.22. The van der Waals surface area contributed by atoms with Crippen molar-refractivity contribution in [1.82, 2.24) is 0 Å². The highest BCUT2D eigenvalue weighted by atomic mass is 35.5. The molecule has 0 unspecified atom stereocenters. The van der Waals surface area contributed by atoms with Gasteiger partial charge in [0.25, 0.3) is 0 Å². The van der Waals surface area contributed by atoms with Crippen molar-refractivity contribution in [3.8, 4) is 0 Å². The number of halogens is 4. The standard InChI is InChI=1S/C9H3ClF3S/c10-7-3-5-1-2-14-8(5)4-6(7)9(11,12)13/h2-4H. The Bertz CT molecular complexity index is 472. The Morgan fingerprint density at radius 2 is 2.00 bits per heavy atom. The van der Waals surface area contributed by atoms with Gasteiger partial charge < -0.3 is 0 Å². The Balaban J connectivity index is 2.71. The molecule has 0 fully saturated rings. The van der Waals surface area contributed by atoms with Gasteiger partial charge in [-0.1, -0.05) is 11.6 Å². The quantitative estimate of drug-likeness (QED) is 0.636. The topological polar surface area (TPSA) is 0 Å². The highest BCUT2D eigenvalue weighted by molar-refractivity contribution is 7.17. The lowest BCUT2D eigenvalue weighted by atomic mass is 10.2. The van der Waals surface area contributed by atoms with E-state index in [2.05, 4.69) is 6.07 Å². The van der Waals surface area contributed by atoms with Crippen LogP contribution < -0.4 is 0 Å². The normalized spacial score (nSPS) is 12.3. The zero-order valence-electron chi connectivity index (χ0n) is 6.65. The summed E-state index contributed by atoms with van der Waals surface area (Å²) >= 11 is 6.72. The van der Waals surface area contributed by atoms with Gasteiger partial charge in [0, 0.05) is 16.2 Å². The van der Waals surface area contributed by atoms with E-state index in [0.717, 1.165) is 6.07 Å². The van der Waals surface area contributed by atoms with E-state index in [1.54, 1.807) is 5.38 Å². The minimum Gasteiger partial charge on any atom is -0.166 e.